The maximum absolute atomic E-state index is 5.54. The highest BCUT2D eigenvalue weighted by Gasteiger charge is 2.03. The summed E-state index contributed by atoms with van der Waals surface area (Å²) in [5, 5.41) is 4.31. The quantitative estimate of drug-likeness (QED) is 0.699. The van der Waals surface area contributed by atoms with Crippen LogP contribution in [0.3, 0.4) is 0 Å². The zero-order valence-electron chi connectivity index (χ0n) is 7.17. The SMILES string of the molecule is CCCc1nn(C)cc1CN. The van der Waals surface area contributed by atoms with Gasteiger partial charge in [-0.15, -0.1) is 0 Å². The molecule has 0 aromatic carbocycles. The Morgan fingerprint density at radius 2 is 2.36 bits per heavy atom. The van der Waals surface area contributed by atoms with Crippen LogP contribution in [0.4, 0.5) is 0 Å². The first-order chi connectivity index (χ1) is 5.27. The van der Waals surface area contributed by atoms with Crippen molar-refractivity contribution in [2.45, 2.75) is 26.3 Å². The minimum Gasteiger partial charge on any atom is -0.326 e. The molecule has 0 radical (unpaired) electrons. The molecular weight excluding hydrogens is 138 g/mol. The summed E-state index contributed by atoms with van der Waals surface area (Å²) in [4.78, 5) is 0. The summed E-state index contributed by atoms with van der Waals surface area (Å²) in [5.74, 6) is 0. The van der Waals surface area contributed by atoms with Gasteiger partial charge in [0.2, 0.25) is 0 Å². The fourth-order valence-corrected chi connectivity index (χ4v) is 1.20. The van der Waals surface area contributed by atoms with Crippen LogP contribution in [0, 0.1) is 0 Å². The third kappa shape index (κ3) is 1.80. The normalized spacial score (nSPS) is 10.5. The lowest BCUT2D eigenvalue weighted by Gasteiger charge is -1.94. The molecule has 0 unspecified atom stereocenters. The second-order valence-electron chi connectivity index (χ2n) is 2.73. The van der Waals surface area contributed by atoms with Gasteiger partial charge in [0.05, 0.1) is 5.69 Å². The van der Waals surface area contributed by atoms with Crippen LogP contribution in [0.2, 0.25) is 0 Å². The summed E-state index contributed by atoms with van der Waals surface area (Å²) >= 11 is 0. The Bertz CT molecular complexity index is 227. The summed E-state index contributed by atoms with van der Waals surface area (Å²) in [6.45, 7) is 2.75. The number of nitrogens with zero attached hydrogens (tertiary/aromatic N) is 2. The van der Waals surface area contributed by atoms with Crippen LogP contribution >= 0.6 is 0 Å². The summed E-state index contributed by atoms with van der Waals surface area (Å²) in [6, 6.07) is 0. The molecule has 0 bridgehead atoms. The Hall–Kier alpha value is -0.830. The number of rotatable bonds is 3. The Labute approximate surface area is 67.2 Å². The van der Waals surface area contributed by atoms with Crippen molar-refractivity contribution in [1.82, 2.24) is 9.78 Å². The van der Waals surface area contributed by atoms with E-state index in [9.17, 15) is 0 Å². The molecule has 0 aliphatic carbocycles. The molecule has 0 aliphatic rings. The first-order valence-corrected chi connectivity index (χ1v) is 3.99. The Morgan fingerprint density at radius 3 is 2.91 bits per heavy atom. The Kier molecular flexibility index (Phi) is 2.65. The molecule has 1 aromatic rings. The van der Waals surface area contributed by atoms with Crippen LogP contribution in [0.1, 0.15) is 24.6 Å². The molecule has 1 aromatic heterocycles. The fourth-order valence-electron chi connectivity index (χ4n) is 1.20. The molecule has 3 heteroatoms. The van der Waals surface area contributed by atoms with Gasteiger partial charge in [0, 0.05) is 25.4 Å². The van der Waals surface area contributed by atoms with Gasteiger partial charge in [-0.05, 0) is 6.42 Å². The molecule has 0 amide bonds. The van der Waals surface area contributed by atoms with Gasteiger partial charge in [-0.3, -0.25) is 4.68 Å². The zero-order valence-corrected chi connectivity index (χ0v) is 7.17. The maximum Gasteiger partial charge on any atom is 0.0669 e. The second kappa shape index (κ2) is 3.53. The van der Waals surface area contributed by atoms with Crippen LogP contribution in [0.15, 0.2) is 6.20 Å². The molecule has 0 spiro atoms. The van der Waals surface area contributed by atoms with Crippen molar-refractivity contribution < 1.29 is 0 Å². The van der Waals surface area contributed by atoms with Gasteiger partial charge in [0.1, 0.15) is 0 Å². The summed E-state index contributed by atoms with van der Waals surface area (Å²) in [7, 11) is 1.93. The predicted octanol–water partition coefficient (Wildman–Crippen LogP) is 0.831. The van der Waals surface area contributed by atoms with Crippen LogP contribution in [0.25, 0.3) is 0 Å². The van der Waals surface area contributed by atoms with Crippen molar-refractivity contribution in [3.05, 3.63) is 17.5 Å². The third-order valence-corrected chi connectivity index (χ3v) is 1.70. The lowest BCUT2D eigenvalue weighted by Crippen LogP contribution is -1.98. The highest BCUT2D eigenvalue weighted by molar-refractivity contribution is 5.16. The van der Waals surface area contributed by atoms with Crippen molar-refractivity contribution in [2.75, 3.05) is 0 Å². The van der Waals surface area contributed by atoms with Gasteiger partial charge in [-0.2, -0.15) is 5.10 Å². The van der Waals surface area contributed by atoms with E-state index in [1.165, 1.54) is 5.56 Å². The molecular formula is C8H15N3. The highest BCUT2D eigenvalue weighted by atomic mass is 15.2. The van der Waals surface area contributed by atoms with E-state index in [1.54, 1.807) is 0 Å². The summed E-state index contributed by atoms with van der Waals surface area (Å²) in [5.41, 5.74) is 7.87. The lowest BCUT2D eigenvalue weighted by atomic mass is 10.2. The molecule has 0 saturated heterocycles. The molecule has 1 rings (SSSR count). The molecule has 0 saturated carbocycles. The summed E-state index contributed by atoms with van der Waals surface area (Å²) in [6.07, 6.45) is 4.16. The maximum atomic E-state index is 5.54. The average molecular weight is 153 g/mol. The molecule has 2 N–H and O–H groups in total. The first kappa shape index (κ1) is 8.27. The minimum atomic E-state index is 0.600. The molecule has 3 nitrogen and oxygen atoms in total. The first-order valence-electron chi connectivity index (χ1n) is 3.99. The molecule has 0 aliphatic heterocycles. The molecule has 0 atom stereocenters. The predicted molar refractivity (Wildman–Crippen MR) is 45.1 cm³/mol. The fraction of sp³-hybridized carbons (Fsp3) is 0.625. The van der Waals surface area contributed by atoms with Crippen LogP contribution in [-0.4, -0.2) is 9.78 Å². The topological polar surface area (TPSA) is 43.8 Å². The standard InChI is InChI=1S/C8H15N3/c1-3-4-8-7(5-9)6-11(2)10-8/h6H,3-5,9H2,1-2H3. The van der Waals surface area contributed by atoms with Crippen molar-refractivity contribution in [3.8, 4) is 0 Å². The van der Waals surface area contributed by atoms with E-state index in [-0.39, 0.29) is 0 Å². The second-order valence-corrected chi connectivity index (χ2v) is 2.73. The molecule has 11 heavy (non-hydrogen) atoms. The smallest absolute Gasteiger partial charge is 0.0669 e. The number of nitrogens with two attached hydrogens (primary N) is 1. The molecule has 62 valence electrons. The number of aryl methyl sites for hydroxylation is 2. The van der Waals surface area contributed by atoms with E-state index < -0.39 is 0 Å². The largest absolute Gasteiger partial charge is 0.326 e. The molecule has 0 fully saturated rings. The van der Waals surface area contributed by atoms with Crippen LogP contribution < -0.4 is 5.73 Å². The van der Waals surface area contributed by atoms with Gasteiger partial charge in [-0.1, -0.05) is 13.3 Å². The Balaban J connectivity index is 2.83. The van der Waals surface area contributed by atoms with Gasteiger partial charge < -0.3 is 5.73 Å². The summed E-state index contributed by atoms with van der Waals surface area (Å²) < 4.78 is 1.83. The lowest BCUT2D eigenvalue weighted by molar-refractivity contribution is 0.733. The van der Waals surface area contributed by atoms with Gasteiger partial charge in [0.25, 0.3) is 0 Å². The van der Waals surface area contributed by atoms with E-state index in [0.29, 0.717) is 6.54 Å². The number of hydrogen-bond donors (Lipinski definition) is 1. The Morgan fingerprint density at radius 1 is 1.64 bits per heavy atom. The third-order valence-electron chi connectivity index (χ3n) is 1.70. The van der Waals surface area contributed by atoms with Crippen LogP contribution in [0.5, 0.6) is 0 Å². The van der Waals surface area contributed by atoms with E-state index >= 15 is 0 Å². The van der Waals surface area contributed by atoms with Crippen molar-refractivity contribution >= 4 is 0 Å². The van der Waals surface area contributed by atoms with E-state index in [0.717, 1.165) is 18.5 Å². The average Bonchev–Trinajstić information content (AvgIpc) is 2.32. The van der Waals surface area contributed by atoms with Crippen molar-refractivity contribution in [1.29, 1.82) is 0 Å². The minimum absolute atomic E-state index is 0.600. The van der Waals surface area contributed by atoms with E-state index in [2.05, 4.69) is 12.0 Å². The van der Waals surface area contributed by atoms with Crippen LogP contribution in [-0.2, 0) is 20.0 Å². The number of hydrogen-bond acceptors (Lipinski definition) is 2. The van der Waals surface area contributed by atoms with Crippen molar-refractivity contribution in [3.63, 3.8) is 0 Å². The van der Waals surface area contributed by atoms with Crippen molar-refractivity contribution in [2.24, 2.45) is 12.8 Å². The van der Waals surface area contributed by atoms with Gasteiger partial charge in [0.15, 0.2) is 0 Å². The van der Waals surface area contributed by atoms with Gasteiger partial charge in [-0.25, -0.2) is 0 Å². The van der Waals surface area contributed by atoms with E-state index in [1.807, 2.05) is 17.9 Å². The number of aromatic nitrogens is 2. The zero-order chi connectivity index (χ0) is 8.27. The van der Waals surface area contributed by atoms with Gasteiger partial charge >= 0.3 is 0 Å². The monoisotopic (exact) mass is 153 g/mol. The molecule has 1 heterocycles. The van der Waals surface area contributed by atoms with E-state index in [4.69, 9.17) is 5.73 Å². The highest BCUT2D eigenvalue weighted by Crippen LogP contribution is 2.07.